The number of hydrogen-bond donors (Lipinski definition) is 7. The van der Waals surface area contributed by atoms with Gasteiger partial charge in [-0.25, -0.2) is 0 Å². The Hall–Kier alpha value is -3.26. The van der Waals surface area contributed by atoms with Crippen LogP contribution in [0, 0.1) is 0 Å². The molecule has 14 nitrogen and oxygen atoms in total. The second kappa shape index (κ2) is 17.3. The highest BCUT2D eigenvalue weighted by atomic mass is 16.2. The molecule has 0 aromatic carbocycles. The lowest BCUT2D eigenvalue weighted by molar-refractivity contribution is -0.870. The summed E-state index contributed by atoms with van der Waals surface area (Å²) in [5.41, 5.74) is 16.3. The molecule has 0 radical (unpaired) electrons. The van der Waals surface area contributed by atoms with Gasteiger partial charge in [0, 0.05) is 6.54 Å². The maximum atomic E-state index is 13.2. The molecule has 0 bridgehead atoms. The van der Waals surface area contributed by atoms with E-state index in [-0.39, 0.29) is 18.9 Å². The molecule has 218 valence electrons. The van der Waals surface area contributed by atoms with Crippen LogP contribution < -0.4 is 38.5 Å². The average molecular weight is 543 g/mol. The molecule has 0 spiro atoms. The van der Waals surface area contributed by atoms with Crippen molar-refractivity contribution >= 4 is 35.9 Å². The number of nitrogens with one attached hydrogen (secondary N) is 4. The Kier molecular flexibility index (Phi) is 15.8. The van der Waals surface area contributed by atoms with E-state index in [2.05, 4.69) is 47.4 Å². The fraction of sp³-hybridized carbons (Fsp3) is 0.750. The van der Waals surface area contributed by atoms with Crippen LogP contribution >= 0.6 is 0 Å². The molecule has 0 fully saturated rings. The van der Waals surface area contributed by atoms with Gasteiger partial charge in [0.1, 0.15) is 24.4 Å². The molecular weight excluding hydrogens is 494 g/mol. The van der Waals surface area contributed by atoms with Crippen molar-refractivity contribution in [2.24, 2.45) is 22.2 Å². The van der Waals surface area contributed by atoms with Crippen molar-refractivity contribution in [3.63, 3.8) is 0 Å². The minimum absolute atomic E-state index is 0.0862. The topological polar surface area (TPSA) is 224 Å². The van der Waals surface area contributed by atoms with E-state index in [0.29, 0.717) is 25.5 Å². The molecule has 4 amide bonds. The van der Waals surface area contributed by atoms with E-state index in [1.165, 1.54) is 20.8 Å². The standard InChI is InChI=1S/C24H47N9O5/c1-15(14-34)29-21(36)17(3)30-22(37)18(10-7-8-13-33(4,5)6)32-23(38)19(31-20(35)16(2)25)11-9-12-28-24(26)27/h14-19H,7-13,25H2,1-6H3,(H7-,26,27,28,29,30,31,32,35,36,37,38)/p+1/t15-,16-,17-,18-,19-/m0/s1. The van der Waals surface area contributed by atoms with Gasteiger partial charge < -0.3 is 47.7 Å². The van der Waals surface area contributed by atoms with Gasteiger partial charge in [0.05, 0.1) is 39.8 Å². The first kappa shape index (κ1) is 34.7. The Labute approximate surface area is 225 Å². The molecule has 0 aromatic rings. The van der Waals surface area contributed by atoms with E-state index in [4.69, 9.17) is 17.2 Å². The lowest BCUT2D eigenvalue weighted by Gasteiger charge is -2.26. The molecule has 0 aliphatic carbocycles. The SMILES string of the molecule is C[C@H](N)C(=O)N[C@@H](CCCN=C(N)N)C(=O)N[C@@H](CCCC[N+](C)(C)C)C(=O)N[C@@H](C)C(=O)N[C@@H](C)C=O. The minimum atomic E-state index is -0.974. The van der Waals surface area contributed by atoms with Gasteiger partial charge in [-0.15, -0.1) is 0 Å². The Morgan fingerprint density at radius 3 is 1.82 bits per heavy atom. The van der Waals surface area contributed by atoms with Crippen LogP contribution in [0.3, 0.4) is 0 Å². The zero-order valence-electron chi connectivity index (χ0n) is 23.6. The van der Waals surface area contributed by atoms with Gasteiger partial charge in [-0.05, 0) is 52.9 Å². The molecule has 38 heavy (non-hydrogen) atoms. The normalized spacial score (nSPS) is 15.1. The summed E-state index contributed by atoms with van der Waals surface area (Å²) in [4.78, 5) is 65.5. The van der Waals surface area contributed by atoms with E-state index in [0.717, 1.165) is 17.4 Å². The lowest BCUT2D eigenvalue weighted by atomic mass is 10.1. The van der Waals surface area contributed by atoms with Crippen LogP contribution in [0.25, 0.3) is 0 Å². The molecule has 10 N–H and O–H groups in total. The van der Waals surface area contributed by atoms with Crippen molar-refractivity contribution in [1.29, 1.82) is 0 Å². The molecular formula is C24H48N9O5+. The van der Waals surface area contributed by atoms with Crippen LogP contribution in [0.4, 0.5) is 0 Å². The van der Waals surface area contributed by atoms with Gasteiger partial charge in [-0.1, -0.05) is 0 Å². The van der Waals surface area contributed by atoms with Gasteiger partial charge in [-0.2, -0.15) is 0 Å². The summed E-state index contributed by atoms with van der Waals surface area (Å²) < 4.78 is 0.747. The average Bonchev–Trinajstić information content (AvgIpc) is 2.81. The largest absolute Gasteiger partial charge is 0.370 e. The minimum Gasteiger partial charge on any atom is -0.370 e. The number of guanidine groups is 1. The van der Waals surface area contributed by atoms with E-state index in [1.54, 1.807) is 0 Å². The molecule has 0 saturated heterocycles. The van der Waals surface area contributed by atoms with Crippen LogP contribution in [0.2, 0.25) is 0 Å². The number of aldehydes is 1. The van der Waals surface area contributed by atoms with Crippen LogP contribution in [0.1, 0.15) is 52.9 Å². The number of nitrogens with two attached hydrogens (primary N) is 3. The van der Waals surface area contributed by atoms with E-state index < -0.39 is 53.8 Å². The number of hydrogen-bond acceptors (Lipinski definition) is 7. The molecule has 0 saturated carbocycles. The molecule has 5 atom stereocenters. The summed E-state index contributed by atoms with van der Waals surface area (Å²) in [6.07, 6.45) is 2.93. The first-order chi connectivity index (χ1) is 17.6. The fourth-order valence-electron chi connectivity index (χ4n) is 3.31. The molecule has 0 unspecified atom stereocenters. The van der Waals surface area contributed by atoms with Crippen molar-refractivity contribution in [3.05, 3.63) is 0 Å². The van der Waals surface area contributed by atoms with Crippen molar-refractivity contribution in [2.75, 3.05) is 34.2 Å². The smallest absolute Gasteiger partial charge is 0.243 e. The second-order valence-corrected chi connectivity index (χ2v) is 10.5. The van der Waals surface area contributed by atoms with Crippen LogP contribution in [0.15, 0.2) is 4.99 Å². The first-order valence-corrected chi connectivity index (χ1v) is 12.9. The Morgan fingerprint density at radius 1 is 0.789 bits per heavy atom. The van der Waals surface area contributed by atoms with Crippen LogP contribution in [0.5, 0.6) is 0 Å². The van der Waals surface area contributed by atoms with Crippen molar-refractivity contribution in [3.8, 4) is 0 Å². The maximum absolute atomic E-state index is 13.2. The van der Waals surface area contributed by atoms with Crippen LogP contribution in [-0.2, 0) is 24.0 Å². The predicted octanol–water partition coefficient (Wildman–Crippen LogP) is -2.56. The number of unbranched alkanes of at least 4 members (excludes halogenated alkanes) is 1. The van der Waals surface area contributed by atoms with Gasteiger partial charge >= 0.3 is 0 Å². The molecule has 0 aliphatic heterocycles. The number of carbonyl (C=O) groups excluding carboxylic acids is 5. The van der Waals surface area contributed by atoms with E-state index >= 15 is 0 Å². The summed E-state index contributed by atoms with van der Waals surface area (Å²) in [6.45, 7) is 5.60. The highest BCUT2D eigenvalue weighted by molar-refractivity contribution is 5.94. The quantitative estimate of drug-likeness (QED) is 0.0320. The first-order valence-electron chi connectivity index (χ1n) is 12.9. The third-order valence-corrected chi connectivity index (χ3v) is 5.52. The molecule has 0 aromatic heterocycles. The Balaban J connectivity index is 5.56. The third-order valence-electron chi connectivity index (χ3n) is 5.52. The highest BCUT2D eigenvalue weighted by Gasteiger charge is 2.29. The van der Waals surface area contributed by atoms with Gasteiger partial charge in [0.25, 0.3) is 0 Å². The number of aliphatic imine (C=N–C) groups is 1. The number of quaternary nitrogens is 1. The Bertz CT molecular complexity index is 823. The second-order valence-electron chi connectivity index (χ2n) is 10.5. The van der Waals surface area contributed by atoms with Crippen molar-refractivity contribution in [1.82, 2.24) is 21.3 Å². The lowest BCUT2D eigenvalue weighted by Crippen LogP contribution is -2.57. The molecule has 0 rings (SSSR count). The highest BCUT2D eigenvalue weighted by Crippen LogP contribution is 2.07. The number of rotatable bonds is 18. The zero-order chi connectivity index (χ0) is 29.5. The molecule has 0 heterocycles. The summed E-state index contributed by atoms with van der Waals surface area (Å²) in [7, 11) is 6.17. The number of nitrogens with zero attached hydrogens (tertiary/aromatic N) is 2. The summed E-state index contributed by atoms with van der Waals surface area (Å²) >= 11 is 0. The molecule has 0 aliphatic rings. The summed E-state index contributed by atoms with van der Waals surface area (Å²) in [5, 5.41) is 10.4. The zero-order valence-corrected chi connectivity index (χ0v) is 23.6. The van der Waals surface area contributed by atoms with E-state index in [9.17, 15) is 24.0 Å². The Morgan fingerprint density at radius 2 is 1.32 bits per heavy atom. The summed E-state index contributed by atoms with van der Waals surface area (Å²) in [5.74, 6) is -2.26. The van der Waals surface area contributed by atoms with Crippen molar-refractivity contribution in [2.45, 2.75) is 83.1 Å². The van der Waals surface area contributed by atoms with Gasteiger partial charge in [-0.3, -0.25) is 24.2 Å². The number of carbonyl (C=O) groups is 5. The van der Waals surface area contributed by atoms with Gasteiger partial charge in [0.2, 0.25) is 23.6 Å². The molecule has 14 heteroatoms. The van der Waals surface area contributed by atoms with E-state index in [1.807, 2.05) is 0 Å². The van der Waals surface area contributed by atoms with Crippen LogP contribution in [-0.4, -0.2) is 105 Å². The maximum Gasteiger partial charge on any atom is 0.243 e. The van der Waals surface area contributed by atoms with Crippen molar-refractivity contribution < 1.29 is 28.5 Å². The monoisotopic (exact) mass is 542 g/mol. The predicted molar refractivity (Wildman–Crippen MR) is 145 cm³/mol. The third kappa shape index (κ3) is 15.8. The summed E-state index contributed by atoms with van der Waals surface area (Å²) in [6, 6.07) is -4.42. The van der Waals surface area contributed by atoms with Gasteiger partial charge in [0.15, 0.2) is 5.96 Å². The fourth-order valence-corrected chi connectivity index (χ4v) is 3.31. The number of amides is 4.